The first-order valence-corrected chi connectivity index (χ1v) is 10.1. The second-order valence-electron chi connectivity index (χ2n) is 5.98. The Morgan fingerprint density at radius 2 is 1.81 bits per heavy atom. The number of nitrogens with zero attached hydrogens (tertiary/aromatic N) is 1. The van der Waals surface area contributed by atoms with Crippen molar-refractivity contribution >= 4 is 19.9 Å². The van der Waals surface area contributed by atoms with Gasteiger partial charge in [0.1, 0.15) is 0 Å². The van der Waals surface area contributed by atoms with Gasteiger partial charge in [0.05, 0.1) is 15.9 Å². The van der Waals surface area contributed by atoms with Crippen LogP contribution in [0.25, 0.3) is 0 Å². The molecule has 5 nitrogen and oxygen atoms in total. The van der Waals surface area contributed by atoms with Crippen molar-refractivity contribution in [2.75, 3.05) is 18.8 Å². The van der Waals surface area contributed by atoms with Crippen LogP contribution in [0.5, 0.6) is 0 Å². The van der Waals surface area contributed by atoms with E-state index in [1.165, 1.54) is 10.4 Å². The van der Waals surface area contributed by atoms with Crippen LogP contribution in [-0.4, -0.2) is 45.2 Å². The van der Waals surface area contributed by atoms with Gasteiger partial charge in [0.15, 0.2) is 9.84 Å². The Morgan fingerprint density at radius 3 is 2.33 bits per heavy atom. The summed E-state index contributed by atoms with van der Waals surface area (Å²) in [6, 6.07) is 6.66. The van der Waals surface area contributed by atoms with Crippen molar-refractivity contribution in [3.05, 3.63) is 29.8 Å². The van der Waals surface area contributed by atoms with Gasteiger partial charge in [0.25, 0.3) is 0 Å². The molecule has 0 unspecified atom stereocenters. The summed E-state index contributed by atoms with van der Waals surface area (Å²) in [4.78, 5) is 0.224. The lowest BCUT2D eigenvalue weighted by molar-refractivity contribution is 0.309. The molecule has 0 saturated carbocycles. The fourth-order valence-electron chi connectivity index (χ4n) is 2.35. The lowest BCUT2D eigenvalue weighted by Gasteiger charge is -2.37. The summed E-state index contributed by atoms with van der Waals surface area (Å²) in [6.07, 6.45) is 0. The molecular weight excluding hydrogens is 310 g/mol. The van der Waals surface area contributed by atoms with Crippen molar-refractivity contribution in [1.82, 2.24) is 4.31 Å². The molecule has 2 rings (SSSR count). The van der Waals surface area contributed by atoms with Crippen LogP contribution >= 0.6 is 0 Å². The van der Waals surface area contributed by atoms with Crippen LogP contribution in [0.15, 0.2) is 29.2 Å². The molecule has 1 saturated heterocycles. The van der Waals surface area contributed by atoms with E-state index in [-0.39, 0.29) is 29.7 Å². The molecule has 0 atom stereocenters. The molecule has 0 amide bonds. The Bertz CT molecular complexity index is 717. The standard InChI is InChI=1S/C14H21NO4S2/c1-11(2)10-20(16,17)14-8-15(9-14)21(18,19)13-6-4-5-12(3)7-13/h4-7,11,14H,8-10H2,1-3H3. The summed E-state index contributed by atoms with van der Waals surface area (Å²) in [5.74, 6) is 0.160. The van der Waals surface area contributed by atoms with Gasteiger partial charge >= 0.3 is 0 Å². The summed E-state index contributed by atoms with van der Waals surface area (Å²) in [7, 11) is -6.79. The number of sulfone groups is 1. The molecule has 0 aromatic heterocycles. The molecule has 0 spiro atoms. The number of hydrogen-bond acceptors (Lipinski definition) is 4. The highest BCUT2D eigenvalue weighted by atomic mass is 32.2. The van der Waals surface area contributed by atoms with E-state index in [1.807, 2.05) is 26.8 Å². The van der Waals surface area contributed by atoms with Gasteiger partial charge in [-0.1, -0.05) is 26.0 Å². The Morgan fingerprint density at radius 1 is 1.19 bits per heavy atom. The molecule has 1 fully saturated rings. The van der Waals surface area contributed by atoms with E-state index in [4.69, 9.17) is 0 Å². The third-order valence-corrected chi connectivity index (χ3v) is 7.79. The van der Waals surface area contributed by atoms with Gasteiger partial charge in [-0.05, 0) is 30.5 Å². The number of benzene rings is 1. The first-order valence-electron chi connectivity index (χ1n) is 6.91. The van der Waals surface area contributed by atoms with Gasteiger partial charge in [0.2, 0.25) is 10.0 Å². The van der Waals surface area contributed by atoms with E-state index in [1.54, 1.807) is 12.1 Å². The van der Waals surface area contributed by atoms with Crippen LogP contribution in [0.2, 0.25) is 0 Å². The van der Waals surface area contributed by atoms with Crippen LogP contribution in [0.3, 0.4) is 0 Å². The maximum Gasteiger partial charge on any atom is 0.243 e. The number of hydrogen-bond donors (Lipinski definition) is 0. The largest absolute Gasteiger partial charge is 0.243 e. The van der Waals surface area contributed by atoms with Crippen LogP contribution in [0.4, 0.5) is 0 Å². The fraction of sp³-hybridized carbons (Fsp3) is 0.571. The molecular formula is C14H21NO4S2. The van der Waals surface area contributed by atoms with Crippen LogP contribution in [-0.2, 0) is 19.9 Å². The molecule has 1 aliphatic rings. The van der Waals surface area contributed by atoms with E-state index in [2.05, 4.69) is 0 Å². The van der Waals surface area contributed by atoms with Gasteiger partial charge in [-0.3, -0.25) is 0 Å². The molecule has 118 valence electrons. The smallest absolute Gasteiger partial charge is 0.228 e. The molecule has 0 bridgehead atoms. The van der Waals surface area contributed by atoms with E-state index in [0.717, 1.165) is 5.56 Å². The molecule has 0 aliphatic carbocycles. The zero-order valence-electron chi connectivity index (χ0n) is 12.5. The highest BCUT2D eigenvalue weighted by molar-refractivity contribution is 7.92. The van der Waals surface area contributed by atoms with Gasteiger partial charge in [0, 0.05) is 13.1 Å². The lowest BCUT2D eigenvalue weighted by Crippen LogP contribution is -2.57. The van der Waals surface area contributed by atoms with E-state index < -0.39 is 25.1 Å². The second kappa shape index (κ2) is 5.70. The Kier molecular flexibility index (Phi) is 4.46. The van der Waals surface area contributed by atoms with Crippen LogP contribution in [0.1, 0.15) is 19.4 Å². The average Bonchev–Trinajstić information content (AvgIpc) is 2.23. The number of rotatable bonds is 5. The predicted octanol–water partition coefficient (Wildman–Crippen LogP) is 1.44. The Balaban J connectivity index is 2.11. The summed E-state index contributed by atoms with van der Waals surface area (Å²) in [5.41, 5.74) is 0.862. The maximum absolute atomic E-state index is 12.4. The second-order valence-corrected chi connectivity index (χ2v) is 10.2. The third-order valence-electron chi connectivity index (χ3n) is 3.52. The summed E-state index contributed by atoms with van der Waals surface area (Å²) < 4.78 is 50.2. The SMILES string of the molecule is Cc1cccc(S(=O)(=O)N2CC(S(=O)(=O)CC(C)C)C2)c1. The average molecular weight is 331 g/mol. The zero-order valence-corrected chi connectivity index (χ0v) is 14.1. The highest BCUT2D eigenvalue weighted by Gasteiger charge is 2.43. The zero-order chi connectivity index (χ0) is 15.8. The van der Waals surface area contributed by atoms with E-state index >= 15 is 0 Å². The van der Waals surface area contributed by atoms with Crippen molar-refractivity contribution in [1.29, 1.82) is 0 Å². The Labute approximate surface area is 126 Å². The highest BCUT2D eigenvalue weighted by Crippen LogP contribution is 2.26. The lowest BCUT2D eigenvalue weighted by atomic mass is 10.2. The number of aryl methyl sites for hydroxylation is 1. The topological polar surface area (TPSA) is 71.5 Å². The molecule has 7 heteroatoms. The molecule has 0 N–H and O–H groups in total. The van der Waals surface area contributed by atoms with Crippen molar-refractivity contribution in [3.8, 4) is 0 Å². The van der Waals surface area contributed by atoms with Gasteiger partial charge in [-0.25, -0.2) is 16.8 Å². The molecule has 1 aromatic carbocycles. The summed E-state index contributed by atoms with van der Waals surface area (Å²) in [6.45, 7) is 5.64. The minimum absolute atomic E-state index is 0.0532. The molecule has 1 aromatic rings. The molecule has 0 radical (unpaired) electrons. The van der Waals surface area contributed by atoms with Crippen molar-refractivity contribution < 1.29 is 16.8 Å². The molecule has 1 aliphatic heterocycles. The number of sulfonamides is 1. The predicted molar refractivity (Wildman–Crippen MR) is 82.4 cm³/mol. The van der Waals surface area contributed by atoms with Crippen LogP contribution in [0, 0.1) is 12.8 Å². The third kappa shape index (κ3) is 3.46. The van der Waals surface area contributed by atoms with Gasteiger partial charge in [-0.15, -0.1) is 0 Å². The summed E-state index contributed by atoms with van der Waals surface area (Å²) >= 11 is 0. The van der Waals surface area contributed by atoms with Gasteiger partial charge < -0.3 is 0 Å². The first kappa shape index (κ1) is 16.5. The van der Waals surface area contributed by atoms with Crippen molar-refractivity contribution in [2.45, 2.75) is 30.9 Å². The molecule has 21 heavy (non-hydrogen) atoms. The van der Waals surface area contributed by atoms with E-state index in [9.17, 15) is 16.8 Å². The Hall–Kier alpha value is -0.920. The van der Waals surface area contributed by atoms with Crippen molar-refractivity contribution in [2.24, 2.45) is 5.92 Å². The monoisotopic (exact) mass is 331 g/mol. The normalized spacial score (nSPS) is 17.9. The minimum Gasteiger partial charge on any atom is -0.228 e. The van der Waals surface area contributed by atoms with E-state index in [0.29, 0.717) is 0 Å². The van der Waals surface area contributed by atoms with Crippen molar-refractivity contribution in [3.63, 3.8) is 0 Å². The fourth-order valence-corrected chi connectivity index (χ4v) is 6.19. The maximum atomic E-state index is 12.4. The first-order chi connectivity index (χ1) is 9.63. The quantitative estimate of drug-likeness (QED) is 0.818. The summed E-state index contributed by atoms with van der Waals surface area (Å²) in [5, 5.41) is -0.570. The van der Waals surface area contributed by atoms with Gasteiger partial charge in [-0.2, -0.15) is 4.31 Å². The molecule has 1 heterocycles. The minimum atomic E-state index is -3.58. The van der Waals surface area contributed by atoms with Crippen LogP contribution < -0.4 is 0 Å².